The normalized spacial score (nSPS) is 26.6. The summed E-state index contributed by atoms with van der Waals surface area (Å²) < 4.78 is 5.38. The van der Waals surface area contributed by atoms with Crippen molar-refractivity contribution >= 4 is 5.91 Å². The highest BCUT2D eigenvalue weighted by molar-refractivity contribution is 5.78. The summed E-state index contributed by atoms with van der Waals surface area (Å²) in [6.07, 6.45) is 3.59. The summed E-state index contributed by atoms with van der Waals surface area (Å²) in [4.78, 5) is 16.8. The highest BCUT2D eigenvalue weighted by Gasteiger charge is 2.29. The number of likely N-dealkylation sites (tertiary alicyclic amines) is 1. The lowest BCUT2D eigenvalue weighted by Crippen LogP contribution is -2.52. The van der Waals surface area contributed by atoms with E-state index in [9.17, 15) is 4.79 Å². The highest BCUT2D eigenvalue weighted by Crippen LogP contribution is 2.20. The summed E-state index contributed by atoms with van der Waals surface area (Å²) in [5.74, 6) is 0.447. The molecule has 2 saturated heterocycles. The maximum Gasteiger partial charge on any atom is 0.225 e. The summed E-state index contributed by atoms with van der Waals surface area (Å²) in [5.41, 5.74) is 0. The fourth-order valence-corrected chi connectivity index (χ4v) is 2.89. The molecule has 1 amide bonds. The number of nitrogens with zero attached hydrogens (tertiary/aromatic N) is 2. The minimum atomic E-state index is 0.121. The Kier molecular flexibility index (Phi) is 5.01. The predicted octanol–water partition coefficient (Wildman–Crippen LogP) is 1.36. The van der Waals surface area contributed by atoms with E-state index in [1.54, 1.807) is 0 Å². The van der Waals surface area contributed by atoms with E-state index in [2.05, 4.69) is 9.80 Å². The molecule has 0 bridgehead atoms. The minimum absolute atomic E-state index is 0.121. The molecule has 4 nitrogen and oxygen atoms in total. The van der Waals surface area contributed by atoms with Crippen LogP contribution in [0.3, 0.4) is 0 Å². The van der Waals surface area contributed by atoms with Crippen molar-refractivity contribution in [3.63, 3.8) is 0 Å². The van der Waals surface area contributed by atoms with Crippen LogP contribution in [-0.4, -0.2) is 61.1 Å². The first kappa shape index (κ1) is 13.8. The van der Waals surface area contributed by atoms with Crippen molar-refractivity contribution < 1.29 is 9.53 Å². The second-order valence-electron chi connectivity index (χ2n) is 5.75. The summed E-state index contributed by atoms with van der Waals surface area (Å²) in [5, 5.41) is 0. The Morgan fingerprint density at radius 3 is 2.61 bits per heavy atom. The first-order valence-corrected chi connectivity index (χ1v) is 7.29. The number of carbonyl (C=O) groups excluding carboxylic acids is 1. The van der Waals surface area contributed by atoms with Crippen LogP contribution in [0.1, 0.15) is 33.1 Å². The Morgan fingerprint density at radius 1 is 1.22 bits per heavy atom. The maximum atomic E-state index is 12.2. The molecule has 2 aliphatic rings. The molecule has 1 unspecified atom stereocenters. The van der Waals surface area contributed by atoms with E-state index in [0.717, 1.165) is 52.2 Å². The monoisotopic (exact) mass is 254 g/mol. The van der Waals surface area contributed by atoms with E-state index in [0.29, 0.717) is 11.9 Å². The first-order chi connectivity index (χ1) is 8.68. The van der Waals surface area contributed by atoms with Gasteiger partial charge in [0, 0.05) is 38.1 Å². The van der Waals surface area contributed by atoms with Crippen LogP contribution in [0.2, 0.25) is 0 Å². The standard InChI is InChI=1S/C14H26N2O2/c1-12(2)14(17)16-6-4-3-5-13(16)11-15-7-9-18-10-8-15/h12-13H,3-11H2,1-2H3. The maximum absolute atomic E-state index is 12.2. The summed E-state index contributed by atoms with van der Waals surface area (Å²) in [6.45, 7) is 9.69. The number of hydrogen-bond donors (Lipinski definition) is 0. The van der Waals surface area contributed by atoms with Gasteiger partial charge in [-0.2, -0.15) is 0 Å². The average Bonchev–Trinajstić information content (AvgIpc) is 2.39. The topological polar surface area (TPSA) is 32.8 Å². The third kappa shape index (κ3) is 3.45. The van der Waals surface area contributed by atoms with Crippen molar-refractivity contribution in [1.29, 1.82) is 0 Å². The molecule has 0 aromatic rings. The van der Waals surface area contributed by atoms with Crippen LogP contribution in [0, 0.1) is 5.92 Å². The molecule has 0 aliphatic carbocycles. The highest BCUT2D eigenvalue weighted by atomic mass is 16.5. The lowest BCUT2D eigenvalue weighted by atomic mass is 9.99. The van der Waals surface area contributed by atoms with Gasteiger partial charge in [-0.05, 0) is 19.3 Å². The zero-order chi connectivity index (χ0) is 13.0. The molecule has 104 valence electrons. The van der Waals surface area contributed by atoms with Gasteiger partial charge in [-0.25, -0.2) is 0 Å². The zero-order valence-electron chi connectivity index (χ0n) is 11.7. The van der Waals surface area contributed by atoms with E-state index in [4.69, 9.17) is 4.74 Å². The molecular formula is C14H26N2O2. The smallest absolute Gasteiger partial charge is 0.225 e. The largest absolute Gasteiger partial charge is 0.379 e. The Bertz CT molecular complexity index is 275. The number of rotatable bonds is 3. The van der Waals surface area contributed by atoms with Gasteiger partial charge in [0.1, 0.15) is 0 Å². The number of piperidine rings is 1. The van der Waals surface area contributed by atoms with Crippen LogP contribution in [0.15, 0.2) is 0 Å². The zero-order valence-corrected chi connectivity index (χ0v) is 11.7. The van der Waals surface area contributed by atoms with E-state index >= 15 is 0 Å². The van der Waals surface area contributed by atoms with Crippen LogP contribution >= 0.6 is 0 Å². The SMILES string of the molecule is CC(C)C(=O)N1CCCCC1CN1CCOCC1. The van der Waals surface area contributed by atoms with Gasteiger partial charge < -0.3 is 9.64 Å². The third-order valence-electron chi connectivity index (χ3n) is 3.98. The van der Waals surface area contributed by atoms with E-state index in [1.165, 1.54) is 6.42 Å². The Labute approximate surface area is 110 Å². The lowest BCUT2D eigenvalue weighted by Gasteiger charge is -2.40. The molecule has 0 radical (unpaired) electrons. The van der Waals surface area contributed by atoms with Crippen LogP contribution in [-0.2, 0) is 9.53 Å². The second kappa shape index (κ2) is 6.53. The van der Waals surface area contributed by atoms with Gasteiger partial charge in [-0.1, -0.05) is 13.8 Å². The third-order valence-corrected chi connectivity index (χ3v) is 3.98. The molecule has 18 heavy (non-hydrogen) atoms. The van der Waals surface area contributed by atoms with Crippen LogP contribution in [0.25, 0.3) is 0 Å². The van der Waals surface area contributed by atoms with Gasteiger partial charge in [0.2, 0.25) is 5.91 Å². The van der Waals surface area contributed by atoms with Crippen LogP contribution in [0.5, 0.6) is 0 Å². The summed E-state index contributed by atoms with van der Waals surface area (Å²) >= 11 is 0. The molecule has 0 aromatic carbocycles. The summed E-state index contributed by atoms with van der Waals surface area (Å²) in [7, 11) is 0. The van der Waals surface area contributed by atoms with Crippen molar-refractivity contribution in [1.82, 2.24) is 9.80 Å². The Morgan fingerprint density at radius 2 is 1.94 bits per heavy atom. The van der Waals surface area contributed by atoms with E-state index in [-0.39, 0.29) is 5.92 Å². The van der Waals surface area contributed by atoms with Crippen molar-refractivity contribution in [2.24, 2.45) is 5.92 Å². The first-order valence-electron chi connectivity index (χ1n) is 7.29. The molecule has 2 fully saturated rings. The fraction of sp³-hybridized carbons (Fsp3) is 0.929. The van der Waals surface area contributed by atoms with Gasteiger partial charge >= 0.3 is 0 Å². The number of morpholine rings is 1. The molecule has 0 saturated carbocycles. The van der Waals surface area contributed by atoms with Crippen LogP contribution < -0.4 is 0 Å². The minimum Gasteiger partial charge on any atom is -0.379 e. The quantitative estimate of drug-likeness (QED) is 0.762. The molecule has 0 aromatic heterocycles. The number of amides is 1. The van der Waals surface area contributed by atoms with Crippen molar-refractivity contribution in [2.45, 2.75) is 39.2 Å². The van der Waals surface area contributed by atoms with Crippen LogP contribution in [0.4, 0.5) is 0 Å². The molecule has 0 spiro atoms. The molecule has 4 heteroatoms. The molecule has 2 aliphatic heterocycles. The molecule has 2 rings (SSSR count). The predicted molar refractivity (Wildman–Crippen MR) is 71.4 cm³/mol. The van der Waals surface area contributed by atoms with Gasteiger partial charge in [-0.15, -0.1) is 0 Å². The van der Waals surface area contributed by atoms with E-state index < -0.39 is 0 Å². The Balaban J connectivity index is 1.92. The molecule has 1 atom stereocenters. The molecule has 2 heterocycles. The van der Waals surface area contributed by atoms with Crippen molar-refractivity contribution in [3.8, 4) is 0 Å². The number of ether oxygens (including phenoxy) is 1. The second-order valence-corrected chi connectivity index (χ2v) is 5.75. The Hall–Kier alpha value is -0.610. The van der Waals surface area contributed by atoms with Gasteiger partial charge in [0.05, 0.1) is 13.2 Å². The lowest BCUT2D eigenvalue weighted by molar-refractivity contribution is -0.139. The van der Waals surface area contributed by atoms with E-state index in [1.807, 2.05) is 13.8 Å². The van der Waals surface area contributed by atoms with Gasteiger partial charge in [0.15, 0.2) is 0 Å². The van der Waals surface area contributed by atoms with Gasteiger partial charge in [-0.3, -0.25) is 9.69 Å². The fourth-order valence-electron chi connectivity index (χ4n) is 2.89. The average molecular weight is 254 g/mol. The number of carbonyl (C=O) groups is 1. The molecular weight excluding hydrogens is 228 g/mol. The number of hydrogen-bond acceptors (Lipinski definition) is 3. The van der Waals surface area contributed by atoms with Crippen molar-refractivity contribution in [2.75, 3.05) is 39.4 Å². The van der Waals surface area contributed by atoms with Gasteiger partial charge in [0.25, 0.3) is 0 Å². The van der Waals surface area contributed by atoms with Crippen molar-refractivity contribution in [3.05, 3.63) is 0 Å². The molecule has 0 N–H and O–H groups in total. The summed E-state index contributed by atoms with van der Waals surface area (Å²) in [6, 6.07) is 0.423.